The quantitative estimate of drug-likeness (QED) is 0.787. The number of hydrogen-bond donors (Lipinski definition) is 1. The molecular weight excluding hydrogens is 386 g/mol. The number of methoxy groups -OCH3 is 1. The number of aromatic nitrogens is 2. The molecule has 1 aromatic carbocycles. The fourth-order valence-corrected chi connectivity index (χ4v) is 5.73. The number of rotatable bonds is 5. The molecule has 2 atom stereocenters. The zero-order valence-corrected chi connectivity index (χ0v) is 16.1. The van der Waals surface area contributed by atoms with Crippen LogP contribution in [0.5, 0.6) is 5.75 Å². The van der Waals surface area contributed by atoms with Gasteiger partial charge in [-0.2, -0.15) is 9.40 Å². The molecule has 0 aliphatic carbocycles. The topological polar surface area (TPSA) is 111 Å². The molecule has 2 fully saturated rings. The second kappa shape index (κ2) is 6.87. The van der Waals surface area contributed by atoms with Crippen LogP contribution in [0.4, 0.5) is 0 Å². The van der Waals surface area contributed by atoms with Gasteiger partial charge in [0.2, 0.25) is 10.0 Å². The van der Waals surface area contributed by atoms with Crippen molar-refractivity contribution >= 4 is 16.0 Å². The Kier molecular flexibility index (Phi) is 4.64. The smallest absolute Gasteiger partial charge is 0.313 e. The number of benzene rings is 1. The summed E-state index contributed by atoms with van der Waals surface area (Å²) in [7, 11) is -2.58. The predicted molar refractivity (Wildman–Crippen MR) is 97.9 cm³/mol. The van der Waals surface area contributed by atoms with Gasteiger partial charge in [-0.1, -0.05) is 0 Å². The Morgan fingerprint density at radius 3 is 2.89 bits per heavy atom. The Hall–Kier alpha value is -2.43. The van der Waals surface area contributed by atoms with Gasteiger partial charge < -0.3 is 14.6 Å². The second-order valence-electron chi connectivity index (χ2n) is 7.08. The maximum atomic E-state index is 13.4. The van der Waals surface area contributed by atoms with Gasteiger partial charge in [-0.15, -0.1) is 0 Å². The standard InChI is InChI=1S/C18H21N3O6S/c1-26-15-4-3-14(21-7-2-6-19-21)9-16(15)28(24,25)20-10-13-5-8-27-12-18(13,11-20)17(22)23/h2-4,6-7,9,13H,5,8,10-12H2,1H3,(H,22,23)/t13-,18+/m0/s1. The molecule has 2 saturated heterocycles. The van der Waals surface area contributed by atoms with Crippen LogP contribution in [-0.4, -0.2) is 67.0 Å². The first-order chi connectivity index (χ1) is 13.4. The summed E-state index contributed by atoms with van der Waals surface area (Å²) in [5, 5.41) is 13.9. The molecule has 2 aliphatic rings. The molecule has 4 rings (SSSR count). The molecule has 1 aromatic heterocycles. The fraction of sp³-hybridized carbons (Fsp3) is 0.444. The molecule has 2 aromatic rings. The third-order valence-corrected chi connectivity index (χ3v) is 7.43. The lowest BCUT2D eigenvalue weighted by Gasteiger charge is -2.34. The van der Waals surface area contributed by atoms with E-state index < -0.39 is 21.4 Å². The van der Waals surface area contributed by atoms with Crippen LogP contribution < -0.4 is 4.74 Å². The summed E-state index contributed by atoms with van der Waals surface area (Å²) in [4.78, 5) is 12.0. The number of carbonyl (C=O) groups is 1. The van der Waals surface area contributed by atoms with Crippen LogP contribution >= 0.6 is 0 Å². The summed E-state index contributed by atoms with van der Waals surface area (Å²) in [6, 6.07) is 6.51. The van der Waals surface area contributed by atoms with Crippen molar-refractivity contribution in [2.24, 2.45) is 11.3 Å². The molecule has 0 radical (unpaired) electrons. The van der Waals surface area contributed by atoms with Gasteiger partial charge in [-0.05, 0) is 36.6 Å². The van der Waals surface area contributed by atoms with Crippen LogP contribution in [0.3, 0.4) is 0 Å². The van der Waals surface area contributed by atoms with Crippen LogP contribution in [0.2, 0.25) is 0 Å². The highest BCUT2D eigenvalue weighted by Crippen LogP contribution is 2.44. The zero-order valence-electron chi connectivity index (χ0n) is 15.3. The highest BCUT2D eigenvalue weighted by molar-refractivity contribution is 7.89. The van der Waals surface area contributed by atoms with Gasteiger partial charge in [0, 0.05) is 32.1 Å². The summed E-state index contributed by atoms with van der Waals surface area (Å²) in [5.41, 5.74) is -0.643. The zero-order chi connectivity index (χ0) is 19.9. The first kappa shape index (κ1) is 18.9. The molecule has 3 heterocycles. The Balaban J connectivity index is 1.74. The first-order valence-electron chi connectivity index (χ1n) is 8.88. The average Bonchev–Trinajstić information content (AvgIpc) is 3.36. The van der Waals surface area contributed by atoms with E-state index in [-0.39, 0.29) is 36.3 Å². The van der Waals surface area contributed by atoms with Crippen molar-refractivity contribution in [3.8, 4) is 11.4 Å². The highest BCUT2D eigenvalue weighted by atomic mass is 32.2. The summed E-state index contributed by atoms with van der Waals surface area (Å²) >= 11 is 0. The molecule has 10 heteroatoms. The van der Waals surface area contributed by atoms with Gasteiger partial charge >= 0.3 is 5.97 Å². The van der Waals surface area contributed by atoms with Crippen LogP contribution in [0.15, 0.2) is 41.6 Å². The molecular formula is C18H21N3O6S. The molecule has 9 nitrogen and oxygen atoms in total. The van der Waals surface area contributed by atoms with E-state index in [2.05, 4.69) is 5.10 Å². The number of carboxylic acid groups (broad SMARTS) is 1. The van der Waals surface area contributed by atoms with Crippen LogP contribution in [0.1, 0.15) is 6.42 Å². The monoisotopic (exact) mass is 407 g/mol. The molecule has 0 saturated carbocycles. The predicted octanol–water partition coefficient (Wildman–Crippen LogP) is 0.993. The van der Waals surface area contributed by atoms with E-state index in [1.54, 1.807) is 35.3 Å². The third kappa shape index (κ3) is 2.88. The van der Waals surface area contributed by atoms with E-state index in [0.717, 1.165) is 0 Å². The second-order valence-corrected chi connectivity index (χ2v) is 8.99. The number of ether oxygens (including phenoxy) is 2. The lowest BCUT2D eigenvalue weighted by molar-refractivity contribution is -0.159. The fourth-order valence-electron chi connectivity index (χ4n) is 4.00. The lowest BCUT2D eigenvalue weighted by atomic mass is 9.76. The van der Waals surface area contributed by atoms with Gasteiger partial charge in [0.1, 0.15) is 16.1 Å². The minimum Gasteiger partial charge on any atom is -0.495 e. The molecule has 150 valence electrons. The van der Waals surface area contributed by atoms with Crippen molar-refractivity contribution in [3.63, 3.8) is 0 Å². The molecule has 0 bridgehead atoms. The van der Waals surface area contributed by atoms with E-state index in [4.69, 9.17) is 9.47 Å². The number of hydrogen-bond acceptors (Lipinski definition) is 6. The van der Waals surface area contributed by atoms with Crippen molar-refractivity contribution in [2.45, 2.75) is 11.3 Å². The number of aliphatic carboxylic acids is 1. The molecule has 0 spiro atoms. The largest absolute Gasteiger partial charge is 0.495 e. The van der Waals surface area contributed by atoms with Gasteiger partial charge in [0.15, 0.2) is 0 Å². The van der Waals surface area contributed by atoms with Crippen molar-refractivity contribution in [1.29, 1.82) is 0 Å². The third-order valence-electron chi connectivity index (χ3n) is 5.59. The van der Waals surface area contributed by atoms with Crippen molar-refractivity contribution < 1.29 is 27.8 Å². The Morgan fingerprint density at radius 2 is 2.25 bits per heavy atom. The van der Waals surface area contributed by atoms with E-state index in [0.29, 0.717) is 18.7 Å². The van der Waals surface area contributed by atoms with Crippen LogP contribution in [0, 0.1) is 11.3 Å². The Bertz CT molecular complexity index is 991. The molecule has 0 unspecified atom stereocenters. The normalized spacial score (nSPS) is 25.4. The van der Waals surface area contributed by atoms with Gasteiger partial charge in [-0.25, -0.2) is 13.1 Å². The van der Waals surface area contributed by atoms with E-state index in [9.17, 15) is 18.3 Å². The maximum absolute atomic E-state index is 13.4. The first-order valence-corrected chi connectivity index (χ1v) is 10.3. The molecule has 1 N–H and O–H groups in total. The minimum absolute atomic E-state index is 0.0110. The van der Waals surface area contributed by atoms with Gasteiger partial charge in [0.25, 0.3) is 0 Å². The van der Waals surface area contributed by atoms with E-state index >= 15 is 0 Å². The van der Waals surface area contributed by atoms with E-state index in [1.807, 2.05) is 0 Å². The summed E-state index contributed by atoms with van der Waals surface area (Å²) < 4.78 is 40.3. The van der Waals surface area contributed by atoms with Crippen LogP contribution in [0.25, 0.3) is 5.69 Å². The van der Waals surface area contributed by atoms with Gasteiger partial charge in [-0.3, -0.25) is 4.79 Å². The van der Waals surface area contributed by atoms with Crippen molar-refractivity contribution in [2.75, 3.05) is 33.4 Å². The number of sulfonamides is 1. The average molecular weight is 407 g/mol. The molecule has 2 aliphatic heterocycles. The van der Waals surface area contributed by atoms with Crippen molar-refractivity contribution in [3.05, 3.63) is 36.7 Å². The Labute approximate surface area is 162 Å². The highest BCUT2D eigenvalue weighted by Gasteiger charge is 2.56. The van der Waals surface area contributed by atoms with Crippen molar-refractivity contribution in [1.82, 2.24) is 14.1 Å². The number of fused-ring (bicyclic) bond motifs is 1. The number of nitrogens with zero attached hydrogens (tertiary/aromatic N) is 3. The van der Waals surface area contributed by atoms with Gasteiger partial charge in [0.05, 0.1) is 19.4 Å². The van der Waals surface area contributed by atoms with Crippen LogP contribution in [-0.2, 0) is 19.6 Å². The van der Waals surface area contributed by atoms with E-state index in [1.165, 1.54) is 17.5 Å². The number of carboxylic acids is 1. The minimum atomic E-state index is -3.98. The SMILES string of the molecule is COc1ccc(-n2cccn2)cc1S(=O)(=O)N1C[C@@H]2CCOC[C@]2(C(=O)O)C1. The molecule has 28 heavy (non-hydrogen) atoms. The summed E-state index contributed by atoms with van der Waals surface area (Å²) in [6.45, 7) is 0.479. The summed E-state index contributed by atoms with van der Waals surface area (Å²) in [6.07, 6.45) is 3.82. The molecule has 0 amide bonds. The lowest BCUT2D eigenvalue weighted by Crippen LogP contribution is -2.46. The summed E-state index contributed by atoms with van der Waals surface area (Å²) in [5.74, 6) is -1.10. The maximum Gasteiger partial charge on any atom is 0.313 e. The Morgan fingerprint density at radius 1 is 1.43 bits per heavy atom.